The van der Waals surface area contributed by atoms with Gasteiger partial charge >= 0.3 is 6.18 Å². The monoisotopic (exact) mass is 394 g/mol. The molecule has 1 aromatic heterocycles. The second-order valence-corrected chi connectivity index (χ2v) is 6.28. The van der Waals surface area contributed by atoms with Gasteiger partial charge in [-0.15, -0.1) is 0 Å². The summed E-state index contributed by atoms with van der Waals surface area (Å²) in [5.74, 6) is -0.281. The van der Waals surface area contributed by atoms with Crippen molar-refractivity contribution in [1.82, 2.24) is 10.3 Å². The van der Waals surface area contributed by atoms with Crippen LogP contribution in [0.4, 0.5) is 13.2 Å². The molecular weight excluding hydrogens is 373 g/mol. The molecule has 5 nitrogen and oxygen atoms in total. The van der Waals surface area contributed by atoms with Crippen LogP contribution >= 0.6 is 0 Å². The number of carbonyl (C=O) groups is 2. The summed E-state index contributed by atoms with van der Waals surface area (Å²) in [4.78, 5) is 28.1. The molecular formula is C20H21F3N2O3. The molecule has 0 spiro atoms. The SMILES string of the molecule is CCC(=O)Cc1cc(C(=O)NC(C)c2cccc(OCC(F)(F)F)c2)ccn1. The Hall–Kier alpha value is -2.90. The lowest BCUT2D eigenvalue weighted by molar-refractivity contribution is -0.153. The standard InChI is InChI=1S/C20H21F3N2O3/c1-3-17(26)11-16-9-15(7-8-24-16)19(27)25-13(2)14-5-4-6-18(10-14)28-12-20(21,22)23/h4-10,13H,3,11-12H2,1-2H3,(H,25,27). The number of benzene rings is 1. The predicted molar refractivity (Wildman–Crippen MR) is 97.1 cm³/mol. The van der Waals surface area contributed by atoms with E-state index in [0.29, 0.717) is 23.2 Å². The van der Waals surface area contributed by atoms with Crippen LogP contribution in [0, 0.1) is 0 Å². The molecule has 0 fully saturated rings. The number of alkyl halides is 3. The molecule has 1 heterocycles. The van der Waals surface area contributed by atoms with Crippen molar-refractivity contribution in [3.8, 4) is 5.75 Å². The molecule has 0 radical (unpaired) electrons. The van der Waals surface area contributed by atoms with Crippen molar-refractivity contribution >= 4 is 11.7 Å². The lowest BCUT2D eigenvalue weighted by Gasteiger charge is -2.16. The Bertz CT molecular complexity index is 837. The fraction of sp³-hybridized carbons (Fsp3) is 0.350. The number of carbonyl (C=O) groups excluding carboxylic acids is 2. The number of hydrogen-bond acceptors (Lipinski definition) is 4. The van der Waals surface area contributed by atoms with Gasteiger partial charge < -0.3 is 10.1 Å². The second-order valence-electron chi connectivity index (χ2n) is 6.28. The van der Waals surface area contributed by atoms with Crippen LogP contribution in [0.3, 0.4) is 0 Å². The van der Waals surface area contributed by atoms with Crippen LogP contribution in [-0.4, -0.2) is 29.5 Å². The number of nitrogens with zero attached hydrogens (tertiary/aromatic N) is 1. The minimum atomic E-state index is -4.42. The van der Waals surface area contributed by atoms with E-state index in [1.165, 1.54) is 24.4 Å². The summed E-state index contributed by atoms with van der Waals surface area (Å²) < 4.78 is 41.6. The summed E-state index contributed by atoms with van der Waals surface area (Å²) in [6.07, 6.45) is -2.41. The zero-order valence-electron chi connectivity index (χ0n) is 15.5. The van der Waals surface area contributed by atoms with Gasteiger partial charge in [0, 0.05) is 30.3 Å². The minimum absolute atomic E-state index is 0.0223. The van der Waals surface area contributed by atoms with Gasteiger partial charge in [-0.2, -0.15) is 13.2 Å². The van der Waals surface area contributed by atoms with Gasteiger partial charge in [-0.25, -0.2) is 0 Å². The number of Topliss-reactive ketones (excluding diaryl/α,β-unsaturated/α-hetero) is 1. The first kappa shape index (κ1) is 21.4. The van der Waals surface area contributed by atoms with Crippen molar-refractivity contribution in [3.63, 3.8) is 0 Å². The van der Waals surface area contributed by atoms with E-state index in [0.717, 1.165) is 0 Å². The largest absolute Gasteiger partial charge is 0.484 e. The Labute approximate surface area is 160 Å². The number of aromatic nitrogens is 1. The average Bonchev–Trinajstić information content (AvgIpc) is 2.66. The number of hydrogen-bond donors (Lipinski definition) is 1. The van der Waals surface area contributed by atoms with Gasteiger partial charge in [0.1, 0.15) is 11.5 Å². The highest BCUT2D eigenvalue weighted by Gasteiger charge is 2.28. The van der Waals surface area contributed by atoms with Gasteiger partial charge in [-0.3, -0.25) is 14.6 Å². The maximum absolute atomic E-state index is 12.5. The maximum atomic E-state index is 12.5. The van der Waals surface area contributed by atoms with Crippen molar-refractivity contribution in [3.05, 3.63) is 59.4 Å². The number of rotatable bonds is 8. The van der Waals surface area contributed by atoms with Crippen molar-refractivity contribution in [2.75, 3.05) is 6.61 Å². The number of halogens is 3. The summed E-state index contributed by atoms with van der Waals surface area (Å²) in [5.41, 5.74) is 1.46. The van der Waals surface area contributed by atoms with E-state index in [-0.39, 0.29) is 23.9 Å². The topological polar surface area (TPSA) is 68.3 Å². The molecule has 0 saturated heterocycles. The summed E-state index contributed by atoms with van der Waals surface area (Å²) in [5, 5.41) is 2.78. The van der Waals surface area contributed by atoms with Crippen molar-refractivity contribution in [2.24, 2.45) is 0 Å². The Balaban J connectivity index is 2.04. The molecule has 8 heteroatoms. The molecule has 28 heavy (non-hydrogen) atoms. The first-order valence-electron chi connectivity index (χ1n) is 8.75. The predicted octanol–water partition coefficient (Wildman–Crippen LogP) is 4.04. The van der Waals surface area contributed by atoms with Crippen LogP contribution in [0.15, 0.2) is 42.6 Å². The van der Waals surface area contributed by atoms with Gasteiger partial charge in [-0.1, -0.05) is 19.1 Å². The van der Waals surface area contributed by atoms with E-state index in [2.05, 4.69) is 10.3 Å². The normalized spacial score (nSPS) is 12.3. The van der Waals surface area contributed by atoms with Gasteiger partial charge in [-0.05, 0) is 36.8 Å². The van der Waals surface area contributed by atoms with Crippen LogP contribution in [-0.2, 0) is 11.2 Å². The molecule has 0 aliphatic rings. The molecule has 1 amide bonds. The molecule has 1 N–H and O–H groups in total. The van der Waals surface area contributed by atoms with E-state index in [1.807, 2.05) is 0 Å². The Kier molecular flexibility index (Phi) is 7.14. The molecule has 2 rings (SSSR count). The van der Waals surface area contributed by atoms with E-state index < -0.39 is 18.8 Å². The van der Waals surface area contributed by atoms with Crippen molar-refractivity contribution in [2.45, 2.75) is 38.9 Å². The summed E-state index contributed by atoms with van der Waals surface area (Å²) in [6, 6.07) is 8.74. The highest BCUT2D eigenvalue weighted by molar-refractivity contribution is 5.94. The fourth-order valence-corrected chi connectivity index (χ4v) is 2.45. The minimum Gasteiger partial charge on any atom is -0.484 e. The molecule has 150 valence electrons. The van der Waals surface area contributed by atoms with Gasteiger partial charge in [0.05, 0.1) is 6.04 Å². The van der Waals surface area contributed by atoms with Gasteiger partial charge in [0.2, 0.25) is 0 Å². The maximum Gasteiger partial charge on any atom is 0.422 e. The number of ketones is 1. The number of nitrogens with one attached hydrogen (secondary N) is 1. The Morgan fingerprint density at radius 2 is 1.96 bits per heavy atom. The first-order chi connectivity index (χ1) is 13.2. The number of ether oxygens (including phenoxy) is 1. The van der Waals surface area contributed by atoms with Crippen LogP contribution in [0.2, 0.25) is 0 Å². The van der Waals surface area contributed by atoms with Crippen molar-refractivity contribution in [1.29, 1.82) is 0 Å². The third kappa shape index (κ3) is 6.68. The van der Waals surface area contributed by atoms with Gasteiger partial charge in [0.25, 0.3) is 5.91 Å². The zero-order chi connectivity index (χ0) is 20.7. The molecule has 1 unspecified atom stereocenters. The lowest BCUT2D eigenvalue weighted by atomic mass is 10.1. The van der Waals surface area contributed by atoms with Crippen LogP contribution in [0.25, 0.3) is 0 Å². The zero-order valence-corrected chi connectivity index (χ0v) is 15.5. The van der Waals surface area contributed by atoms with E-state index in [1.54, 1.807) is 32.0 Å². The van der Waals surface area contributed by atoms with E-state index in [9.17, 15) is 22.8 Å². The number of pyridine rings is 1. The lowest BCUT2D eigenvalue weighted by Crippen LogP contribution is -2.27. The summed E-state index contributed by atoms with van der Waals surface area (Å²) in [7, 11) is 0. The van der Waals surface area contributed by atoms with Crippen LogP contribution in [0.1, 0.15) is 47.9 Å². The smallest absolute Gasteiger partial charge is 0.422 e. The average molecular weight is 394 g/mol. The molecule has 1 atom stereocenters. The molecule has 0 saturated carbocycles. The molecule has 1 aromatic carbocycles. The number of amides is 1. The third-order valence-corrected chi connectivity index (χ3v) is 3.96. The molecule has 2 aromatic rings. The van der Waals surface area contributed by atoms with Crippen LogP contribution in [0.5, 0.6) is 5.75 Å². The highest BCUT2D eigenvalue weighted by atomic mass is 19.4. The first-order valence-corrected chi connectivity index (χ1v) is 8.75. The van der Waals surface area contributed by atoms with Crippen molar-refractivity contribution < 1.29 is 27.5 Å². The third-order valence-electron chi connectivity index (χ3n) is 3.96. The highest BCUT2D eigenvalue weighted by Crippen LogP contribution is 2.22. The summed E-state index contributed by atoms with van der Waals surface area (Å²) >= 11 is 0. The Morgan fingerprint density at radius 3 is 2.64 bits per heavy atom. The molecule has 0 bridgehead atoms. The quantitative estimate of drug-likeness (QED) is 0.734. The van der Waals surface area contributed by atoms with E-state index >= 15 is 0 Å². The Morgan fingerprint density at radius 1 is 1.21 bits per heavy atom. The van der Waals surface area contributed by atoms with Crippen LogP contribution < -0.4 is 10.1 Å². The second kappa shape index (κ2) is 9.34. The summed E-state index contributed by atoms with van der Waals surface area (Å²) in [6.45, 7) is 2.09. The van der Waals surface area contributed by atoms with Gasteiger partial charge in [0.15, 0.2) is 6.61 Å². The molecule has 0 aliphatic heterocycles. The molecule has 0 aliphatic carbocycles. The fourth-order valence-electron chi connectivity index (χ4n) is 2.45. The van der Waals surface area contributed by atoms with E-state index in [4.69, 9.17) is 4.74 Å².